The SMILES string of the molecule is O=C(O)c1ccc2nc(CN3CC=C(c4ccc(=O)n(OCc5ccc(Cl)cc5F)n4)CC3)n(C[C@@H]3CCO3)c2c1. The highest BCUT2D eigenvalue weighted by atomic mass is 35.5. The highest BCUT2D eigenvalue weighted by Crippen LogP contribution is 2.25. The van der Waals surface area contributed by atoms with E-state index >= 15 is 0 Å². The van der Waals surface area contributed by atoms with Crippen LogP contribution >= 0.6 is 11.6 Å². The van der Waals surface area contributed by atoms with Gasteiger partial charge in [-0.15, -0.1) is 5.10 Å². The van der Waals surface area contributed by atoms with Gasteiger partial charge in [0.2, 0.25) is 0 Å². The first-order chi connectivity index (χ1) is 19.8. The van der Waals surface area contributed by atoms with Crippen LogP contribution < -0.4 is 10.4 Å². The zero-order valence-electron chi connectivity index (χ0n) is 22.0. The monoisotopic (exact) mass is 579 g/mol. The van der Waals surface area contributed by atoms with Crippen LogP contribution in [0.25, 0.3) is 16.6 Å². The Hall–Kier alpha value is -4.06. The van der Waals surface area contributed by atoms with Gasteiger partial charge in [-0.05, 0) is 54.8 Å². The van der Waals surface area contributed by atoms with Gasteiger partial charge in [0, 0.05) is 36.3 Å². The van der Waals surface area contributed by atoms with Crippen LogP contribution in [0.3, 0.4) is 0 Å². The fourth-order valence-corrected chi connectivity index (χ4v) is 5.14. The molecule has 2 aromatic heterocycles. The lowest BCUT2D eigenvalue weighted by atomic mass is 10.0. The van der Waals surface area contributed by atoms with E-state index in [1.165, 1.54) is 18.2 Å². The second kappa shape index (κ2) is 11.4. The van der Waals surface area contributed by atoms with Crippen molar-refractivity contribution in [1.82, 2.24) is 24.4 Å². The molecule has 1 fully saturated rings. The van der Waals surface area contributed by atoms with Gasteiger partial charge in [-0.3, -0.25) is 9.69 Å². The van der Waals surface area contributed by atoms with Crippen molar-refractivity contribution >= 4 is 34.2 Å². The predicted octanol–water partition coefficient (Wildman–Crippen LogP) is 3.79. The molecule has 10 nitrogen and oxygen atoms in total. The van der Waals surface area contributed by atoms with Crippen molar-refractivity contribution in [2.45, 2.75) is 38.6 Å². The Balaban J connectivity index is 1.17. The summed E-state index contributed by atoms with van der Waals surface area (Å²) in [4.78, 5) is 37.3. The second-order valence-electron chi connectivity index (χ2n) is 10.1. The van der Waals surface area contributed by atoms with Crippen LogP contribution in [-0.2, 0) is 24.4 Å². The highest BCUT2D eigenvalue weighted by molar-refractivity contribution is 6.30. The van der Waals surface area contributed by atoms with E-state index in [0.717, 1.165) is 46.8 Å². The second-order valence-corrected chi connectivity index (χ2v) is 10.5. The molecular formula is C29H27ClFN5O5. The third kappa shape index (κ3) is 5.88. The number of hydrogen-bond acceptors (Lipinski definition) is 7. The van der Waals surface area contributed by atoms with Crippen LogP contribution in [-0.4, -0.2) is 61.3 Å². The first-order valence-corrected chi connectivity index (χ1v) is 13.7. The first kappa shape index (κ1) is 27.1. The summed E-state index contributed by atoms with van der Waals surface area (Å²) < 4.78 is 21.8. The summed E-state index contributed by atoms with van der Waals surface area (Å²) >= 11 is 5.80. The molecule has 12 heteroatoms. The Morgan fingerprint density at radius 1 is 1.20 bits per heavy atom. The molecule has 4 heterocycles. The molecule has 2 aromatic carbocycles. The number of halogens is 2. The maximum Gasteiger partial charge on any atom is 0.335 e. The van der Waals surface area contributed by atoms with Gasteiger partial charge in [-0.2, -0.15) is 0 Å². The zero-order valence-corrected chi connectivity index (χ0v) is 22.8. The molecule has 0 unspecified atom stereocenters. The summed E-state index contributed by atoms with van der Waals surface area (Å²) in [5, 5.41) is 14.1. The Kier molecular flexibility index (Phi) is 7.57. The van der Waals surface area contributed by atoms with Crippen molar-refractivity contribution in [3.8, 4) is 0 Å². The molecule has 2 aliphatic heterocycles. The number of nitrogens with zero attached hydrogens (tertiary/aromatic N) is 5. The highest BCUT2D eigenvalue weighted by Gasteiger charge is 2.24. The molecule has 0 saturated carbocycles. The van der Waals surface area contributed by atoms with Crippen molar-refractivity contribution in [1.29, 1.82) is 0 Å². The van der Waals surface area contributed by atoms with Crippen LogP contribution in [0.15, 0.2) is 59.4 Å². The number of carbonyl (C=O) groups is 1. The van der Waals surface area contributed by atoms with Gasteiger partial charge >= 0.3 is 11.5 Å². The topological polar surface area (TPSA) is 112 Å². The minimum Gasteiger partial charge on any atom is -0.478 e. The van der Waals surface area contributed by atoms with Crippen molar-refractivity contribution in [3.63, 3.8) is 0 Å². The summed E-state index contributed by atoms with van der Waals surface area (Å²) in [6, 6.07) is 12.3. The van der Waals surface area contributed by atoms with Crippen LogP contribution in [0.2, 0.25) is 5.02 Å². The zero-order chi connectivity index (χ0) is 28.5. The lowest BCUT2D eigenvalue weighted by molar-refractivity contribution is -0.0591. The standard InChI is InChI=1S/C29H27ClFN5O5/c30-21-3-1-20(23(31)14-21)17-41-36-28(37)6-5-24(33-36)18-7-10-34(11-8-18)16-27-32-25-4-2-19(29(38)39)13-26(25)35(27)15-22-9-12-40-22/h1-7,13-14,22H,8-12,15-17H2,(H,38,39)/t22-/m0/s1. The lowest BCUT2D eigenvalue weighted by Crippen LogP contribution is -2.34. The molecular weight excluding hydrogens is 553 g/mol. The number of benzene rings is 2. The number of carboxylic acids is 1. The molecule has 2 aliphatic rings. The van der Waals surface area contributed by atoms with E-state index in [-0.39, 0.29) is 28.9 Å². The minimum absolute atomic E-state index is 0.0904. The summed E-state index contributed by atoms with van der Waals surface area (Å²) in [6.07, 6.45) is 3.80. The fourth-order valence-electron chi connectivity index (χ4n) is 4.98. The van der Waals surface area contributed by atoms with Crippen molar-refractivity contribution < 1.29 is 23.9 Å². The van der Waals surface area contributed by atoms with Crippen molar-refractivity contribution in [2.75, 3.05) is 19.7 Å². The van der Waals surface area contributed by atoms with E-state index in [1.54, 1.807) is 30.3 Å². The quantitative estimate of drug-likeness (QED) is 0.319. The number of fused-ring (bicyclic) bond motifs is 1. The third-order valence-corrected chi connectivity index (χ3v) is 7.60. The summed E-state index contributed by atoms with van der Waals surface area (Å²) in [5.74, 6) is -0.644. The Morgan fingerprint density at radius 2 is 2.05 bits per heavy atom. The Bertz CT molecular complexity index is 1710. The third-order valence-electron chi connectivity index (χ3n) is 7.37. The molecule has 0 spiro atoms. The minimum atomic E-state index is -0.975. The molecule has 0 bridgehead atoms. The van der Waals surface area contributed by atoms with E-state index in [1.807, 2.05) is 0 Å². The molecule has 0 aliphatic carbocycles. The number of carboxylic acid groups (broad SMARTS) is 1. The van der Waals surface area contributed by atoms with Crippen LogP contribution in [0, 0.1) is 5.82 Å². The summed E-state index contributed by atoms with van der Waals surface area (Å²) in [7, 11) is 0. The molecule has 41 heavy (non-hydrogen) atoms. The number of aromatic carboxylic acids is 1. The van der Waals surface area contributed by atoms with Gasteiger partial charge in [0.15, 0.2) is 0 Å². The van der Waals surface area contributed by atoms with E-state index in [0.29, 0.717) is 31.7 Å². The van der Waals surface area contributed by atoms with Crippen LogP contribution in [0.4, 0.5) is 4.39 Å². The van der Waals surface area contributed by atoms with E-state index in [2.05, 4.69) is 20.6 Å². The molecule has 1 atom stereocenters. The van der Waals surface area contributed by atoms with E-state index in [9.17, 15) is 19.1 Å². The number of imidazole rings is 1. The van der Waals surface area contributed by atoms with Gasteiger partial charge in [0.1, 0.15) is 18.2 Å². The number of rotatable bonds is 9. The lowest BCUT2D eigenvalue weighted by Gasteiger charge is -2.29. The van der Waals surface area contributed by atoms with Crippen LogP contribution in [0.5, 0.6) is 0 Å². The van der Waals surface area contributed by atoms with Crippen LogP contribution in [0.1, 0.15) is 40.3 Å². The van der Waals surface area contributed by atoms with Gasteiger partial charge in [0.05, 0.1) is 41.5 Å². The molecule has 1 N–H and O–H groups in total. The molecule has 1 saturated heterocycles. The predicted molar refractivity (Wildman–Crippen MR) is 149 cm³/mol. The molecule has 0 radical (unpaired) electrons. The van der Waals surface area contributed by atoms with Crippen molar-refractivity contribution in [2.24, 2.45) is 0 Å². The maximum absolute atomic E-state index is 14.1. The average Bonchev–Trinajstić information content (AvgIpc) is 3.27. The number of aromatic nitrogens is 4. The molecule has 212 valence electrons. The Morgan fingerprint density at radius 3 is 2.76 bits per heavy atom. The summed E-state index contributed by atoms with van der Waals surface area (Å²) in [5.41, 5.74) is 3.14. The molecule has 6 rings (SSSR count). The van der Waals surface area contributed by atoms with Crippen molar-refractivity contribution in [3.05, 3.63) is 98.4 Å². The largest absolute Gasteiger partial charge is 0.478 e. The fraction of sp³-hybridized carbons (Fsp3) is 0.310. The number of ether oxygens (including phenoxy) is 1. The number of hydrogen-bond donors (Lipinski definition) is 1. The molecule has 0 amide bonds. The van der Waals surface area contributed by atoms with E-state index < -0.39 is 17.3 Å². The van der Waals surface area contributed by atoms with Gasteiger partial charge in [0.25, 0.3) is 0 Å². The Labute approximate surface area is 239 Å². The van der Waals surface area contributed by atoms with E-state index in [4.69, 9.17) is 26.2 Å². The average molecular weight is 580 g/mol. The first-order valence-electron chi connectivity index (χ1n) is 13.3. The van der Waals surface area contributed by atoms with Gasteiger partial charge in [-0.25, -0.2) is 14.2 Å². The van der Waals surface area contributed by atoms with Gasteiger partial charge < -0.3 is 19.2 Å². The summed E-state index contributed by atoms with van der Waals surface area (Å²) in [6.45, 7) is 3.12. The maximum atomic E-state index is 14.1. The van der Waals surface area contributed by atoms with Gasteiger partial charge in [-0.1, -0.05) is 28.6 Å². The molecule has 4 aromatic rings. The smallest absolute Gasteiger partial charge is 0.335 e. The normalized spacial score (nSPS) is 17.3.